The number of carbonyl (C=O) groups is 8. The first-order valence-corrected chi connectivity index (χ1v) is 41.5. The second-order valence-electron chi connectivity index (χ2n) is 31.5. The number of hydrogen-bond donors (Lipinski definition) is 8. The molecule has 6 aliphatic rings. The topological polar surface area (TPSA) is 358 Å². The summed E-state index contributed by atoms with van der Waals surface area (Å²) in [5.41, 5.74) is 20.1. The third-order valence-electron chi connectivity index (χ3n) is 22.2. The van der Waals surface area contributed by atoms with Crippen LogP contribution in [0.25, 0.3) is 0 Å². The number of nitrogens with two attached hydrogens (primary N) is 1. The van der Waals surface area contributed by atoms with E-state index in [0.29, 0.717) is 124 Å². The van der Waals surface area contributed by atoms with Crippen LogP contribution in [0, 0.1) is 28.8 Å². The summed E-state index contributed by atoms with van der Waals surface area (Å²) in [4.78, 5) is 107. The number of benzene rings is 6. The van der Waals surface area contributed by atoms with E-state index in [4.69, 9.17) is 27.5 Å². The number of amides is 7. The molecular formula is C96H99ClF3N15O11Pd. The van der Waals surface area contributed by atoms with Gasteiger partial charge >= 0.3 is 0 Å². The van der Waals surface area contributed by atoms with Crippen LogP contribution >= 0.6 is 11.6 Å². The molecule has 0 saturated heterocycles. The molecule has 31 heteroatoms. The van der Waals surface area contributed by atoms with Crippen molar-refractivity contribution in [2.45, 2.75) is 149 Å². The molecule has 3 unspecified atom stereocenters. The molecule has 9 N–H and O–H groups in total. The van der Waals surface area contributed by atoms with E-state index in [0.717, 1.165) is 45.9 Å². The van der Waals surface area contributed by atoms with Gasteiger partial charge in [-0.05, 0) is 181 Å². The van der Waals surface area contributed by atoms with Crippen molar-refractivity contribution < 1.29 is 88.7 Å². The van der Waals surface area contributed by atoms with Crippen molar-refractivity contribution in [3.8, 4) is 6.07 Å². The number of nitriles is 1. The van der Waals surface area contributed by atoms with E-state index in [1.165, 1.54) is 36.4 Å². The summed E-state index contributed by atoms with van der Waals surface area (Å²) in [7, 11) is 0. The van der Waals surface area contributed by atoms with Crippen molar-refractivity contribution in [3.63, 3.8) is 0 Å². The van der Waals surface area contributed by atoms with Gasteiger partial charge in [-0.3, -0.25) is 52.4 Å². The number of halogens is 4. The van der Waals surface area contributed by atoms with Gasteiger partial charge in [0.25, 0.3) is 17.7 Å². The number of hydrogen-bond acceptors (Lipinski definition) is 16. The summed E-state index contributed by atoms with van der Waals surface area (Å²) < 4.78 is 47.0. The molecule has 127 heavy (non-hydrogen) atoms. The van der Waals surface area contributed by atoms with Gasteiger partial charge in [0.15, 0.2) is 17.1 Å². The largest absolute Gasteiger partial charge is 0.389 e. The Morgan fingerprint density at radius 2 is 0.843 bits per heavy atom. The normalized spacial score (nSPS) is 16.2. The average Bonchev–Trinajstić information content (AvgIpc) is 1.61. The molecule has 0 spiro atoms. The van der Waals surface area contributed by atoms with Crippen LogP contribution in [0.3, 0.4) is 0 Å². The van der Waals surface area contributed by atoms with Crippen molar-refractivity contribution in [2.24, 2.45) is 5.73 Å². The Balaban J connectivity index is 0.000000193. The summed E-state index contributed by atoms with van der Waals surface area (Å²) in [6.07, 6.45) is 18.7. The number of nitrogens with zero attached hydrogens (tertiary/aromatic N) is 10. The van der Waals surface area contributed by atoms with E-state index in [1.54, 1.807) is 141 Å². The molecule has 26 nitrogen and oxygen atoms in total. The zero-order chi connectivity index (χ0) is 90.3. The number of anilines is 3. The zero-order valence-electron chi connectivity index (χ0n) is 70.7. The first-order chi connectivity index (χ1) is 60.4. The van der Waals surface area contributed by atoms with E-state index in [-0.39, 0.29) is 138 Å². The molecule has 3 aliphatic carbocycles. The van der Waals surface area contributed by atoms with E-state index < -0.39 is 52.9 Å². The van der Waals surface area contributed by atoms with Crippen LogP contribution in [0.1, 0.15) is 214 Å². The van der Waals surface area contributed by atoms with Crippen molar-refractivity contribution in [2.75, 3.05) is 35.6 Å². The van der Waals surface area contributed by atoms with E-state index >= 15 is 0 Å². The Labute approximate surface area is 753 Å². The van der Waals surface area contributed by atoms with Gasteiger partial charge in [-0.1, -0.05) is 143 Å². The number of rotatable bonds is 23. The van der Waals surface area contributed by atoms with Crippen molar-refractivity contribution in [1.29, 1.82) is 5.26 Å². The van der Waals surface area contributed by atoms with Gasteiger partial charge in [0.05, 0.1) is 69.2 Å². The Kier molecular flexibility index (Phi) is 31.8. The fourth-order valence-corrected chi connectivity index (χ4v) is 16.1. The number of allylic oxidation sites excluding steroid dienone is 10. The Morgan fingerprint density at radius 3 is 1.16 bits per heavy atom. The predicted molar refractivity (Wildman–Crippen MR) is 473 cm³/mol. The number of nitrogens with one attached hydrogen (secondary N) is 4. The predicted octanol–water partition coefficient (Wildman–Crippen LogP) is 14.4. The van der Waals surface area contributed by atoms with Crippen LogP contribution in [-0.2, 0) is 96.8 Å². The molecule has 6 heterocycles. The summed E-state index contributed by atoms with van der Waals surface area (Å²) in [5.74, 6) is -3.59. The number of carbonyl (C=O) groups excluding carboxylic acids is 8. The number of aromatic nitrogens is 6. The quantitative estimate of drug-likeness (QED) is 0.0168. The maximum atomic E-state index is 14.2. The standard InChI is InChI=1S/C33H34FN5O4.C30H32FN5O3.C30H28FN5O3.C3H3ClO.Pd.H2/c1-4-29(41)35-16-25-14-26(34)13-12-24(25)18-39-31-20(2)17-38(33(43)22-8-5-6-9-22)19-28(31)30(37-39)32(42)36-27-11-7-10-23(15-27)21(3)40;2*1-18-15-35(30(39)20-6-3-4-7-20)17-26-27(29(38)33-25-9-5-8-21(13-25)19(2)37)34-36(28(18)26)16-22-10-11-24(31)12-23(22)14-32;1-2-3(4)5;;/h4-8,10-15,20-21,40H,1,9,16-19H2,2-3H3,(H,35,41)(H,36,42);3-6,8-13,18-19,37H,7,14-17,32H2,1-2H3,(H,33,38);3-6,8-13,18-19,37H,7,15-17H2,1-2H3,(H,33,38);2H,1H2;;1H/t20?,21-;2*18?,19-;;;/m000.../s1. The number of aliphatic hydroxyl groups is 3. The fourth-order valence-electron chi connectivity index (χ4n) is 16.1. The van der Waals surface area contributed by atoms with Crippen LogP contribution in [0.5, 0.6) is 0 Å². The molecular weight excluding hydrogens is 1740 g/mol. The first kappa shape index (κ1) is 94.6. The van der Waals surface area contributed by atoms with Crippen LogP contribution in [0.4, 0.5) is 30.2 Å². The third kappa shape index (κ3) is 23.0. The minimum absolute atomic E-state index is 0. The van der Waals surface area contributed by atoms with Gasteiger partial charge in [0.2, 0.25) is 28.9 Å². The smallest absolute Gasteiger partial charge is 0.276 e. The molecule has 3 aromatic heterocycles. The number of aliphatic hydroxyl groups excluding tert-OH is 3. The Bertz CT molecular complexity index is 6020. The van der Waals surface area contributed by atoms with Crippen molar-refractivity contribution in [3.05, 3.63) is 342 Å². The summed E-state index contributed by atoms with van der Waals surface area (Å²) in [5, 5.41) is 64.4. The van der Waals surface area contributed by atoms with Gasteiger partial charge in [0, 0.05) is 140 Å². The van der Waals surface area contributed by atoms with Crippen LogP contribution in [-0.4, -0.2) is 126 Å². The molecule has 9 aromatic rings. The van der Waals surface area contributed by atoms with Crippen molar-refractivity contribution in [1.82, 2.24) is 49.4 Å². The van der Waals surface area contributed by atoms with Gasteiger partial charge < -0.3 is 57.0 Å². The maximum Gasteiger partial charge on any atom is 0.276 e. The summed E-state index contributed by atoms with van der Waals surface area (Å²) >= 11 is 4.71. The van der Waals surface area contributed by atoms with E-state index in [2.05, 4.69) is 39.5 Å². The zero-order valence-corrected chi connectivity index (χ0v) is 73.0. The summed E-state index contributed by atoms with van der Waals surface area (Å²) in [6.45, 7) is 20.5. The molecule has 3 aliphatic heterocycles. The van der Waals surface area contributed by atoms with Gasteiger partial charge in [-0.25, -0.2) is 13.2 Å². The second kappa shape index (κ2) is 42.7. The van der Waals surface area contributed by atoms with Crippen LogP contribution in [0.2, 0.25) is 0 Å². The minimum Gasteiger partial charge on any atom is -0.389 e. The Hall–Kier alpha value is -13.1. The third-order valence-corrected chi connectivity index (χ3v) is 22.4. The SMILES string of the molecule is C=CC(=O)Cl.C=CC(=O)NCc1cc(F)ccc1Cn1nc(C(=O)Nc2cccc([C@H](C)O)c2)c2c1C(C)CN(C(=O)C1=CC=CC1)C2.CC1CN(C(=O)C2=CC=CC2)Cc2c(C(=O)Nc3cccc([C@H](C)O)c3)nn(Cc3ccc(F)cc3C#N)c21.CC1CN(C(=O)C2=CC=CC2)Cc2c(C(=O)Nc3cccc([C@H](C)O)c3)nn(Cc3ccc(F)cc3CN)c21.[HH].[Pd]. The van der Waals surface area contributed by atoms with Gasteiger partial charge in [0.1, 0.15) is 17.5 Å². The van der Waals surface area contributed by atoms with Crippen LogP contribution in [0.15, 0.2) is 224 Å². The molecule has 0 fully saturated rings. The molecule has 6 atom stereocenters. The molecule has 7 amide bonds. The maximum absolute atomic E-state index is 14.2. The molecule has 6 aromatic carbocycles. The van der Waals surface area contributed by atoms with Gasteiger partial charge in [-0.15, -0.1) is 0 Å². The Morgan fingerprint density at radius 1 is 0.512 bits per heavy atom. The second-order valence-corrected chi connectivity index (χ2v) is 31.9. The number of fused-ring (bicyclic) bond motifs is 3. The van der Waals surface area contributed by atoms with Gasteiger partial charge in [-0.2, -0.15) is 20.6 Å². The molecule has 15 rings (SSSR count). The van der Waals surface area contributed by atoms with E-state index in [9.17, 15) is 72.1 Å². The molecule has 0 saturated carbocycles. The molecule has 0 bridgehead atoms. The average molecular weight is 1840 g/mol. The summed E-state index contributed by atoms with van der Waals surface area (Å²) in [6, 6.07) is 35.8. The first-order valence-electron chi connectivity index (χ1n) is 41.1. The van der Waals surface area contributed by atoms with Crippen molar-refractivity contribution >= 4 is 75.3 Å². The van der Waals surface area contributed by atoms with E-state index in [1.807, 2.05) is 81.5 Å². The molecule has 0 radical (unpaired) electrons. The fraction of sp³-hybridized carbons (Fsp3) is 0.271. The minimum atomic E-state index is -0.704. The monoisotopic (exact) mass is 1840 g/mol. The molecule has 662 valence electrons. The van der Waals surface area contributed by atoms with Crippen LogP contribution < -0.4 is 27.0 Å².